The van der Waals surface area contributed by atoms with Crippen LogP contribution in [0.3, 0.4) is 0 Å². The molecule has 0 heterocycles. The molecule has 0 radical (unpaired) electrons. The molecular formula is C12H15BrO. The van der Waals surface area contributed by atoms with Crippen molar-refractivity contribution in [3.63, 3.8) is 0 Å². The summed E-state index contributed by atoms with van der Waals surface area (Å²) in [6.45, 7) is 2.94. The molecule has 1 saturated carbocycles. The lowest BCUT2D eigenvalue weighted by atomic mass is 10.2. The fourth-order valence-corrected chi connectivity index (χ4v) is 2.09. The molecule has 1 aliphatic carbocycles. The van der Waals surface area contributed by atoms with Crippen molar-refractivity contribution in [3.8, 4) is 5.75 Å². The van der Waals surface area contributed by atoms with Gasteiger partial charge in [0.1, 0.15) is 5.75 Å². The van der Waals surface area contributed by atoms with Crippen molar-refractivity contribution in [2.75, 3.05) is 11.9 Å². The second-order valence-corrected chi connectivity index (χ2v) is 4.80. The number of alkyl halides is 1. The van der Waals surface area contributed by atoms with E-state index in [1.807, 2.05) is 12.1 Å². The van der Waals surface area contributed by atoms with E-state index in [4.69, 9.17) is 4.74 Å². The second kappa shape index (κ2) is 3.93. The van der Waals surface area contributed by atoms with Gasteiger partial charge >= 0.3 is 0 Å². The standard InChI is InChI=1S/C12H15BrO/c1-10-2-4-11(5-3-10)14-9-12(8-13)6-7-12/h2-5H,6-9H2,1H3. The van der Waals surface area contributed by atoms with Crippen LogP contribution < -0.4 is 4.74 Å². The number of ether oxygens (including phenoxy) is 1. The highest BCUT2D eigenvalue weighted by molar-refractivity contribution is 9.09. The second-order valence-electron chi connectivity index (χ2n) is 4.24. The molecule has 1 fully saturated rings. The minimum atomic E-state index is 0.435. The van der Waals surface area contributed by atoms with Gasteiger partial charge in [0.2, 0.25) is 0 Å². The first kappa shape index (κ1) is 10.0. The number of benzene rings is 1. The molecule has 2 rings (SSSR count). The SMILES string of the molecule is Cc1ccc(OCC2(CBr)CC2)cc1. The predicted octanol–water partition coefficient (Wildman–Crippen LogP) is 3.55. The fraction of sp³-hybridized carbons (Fsp3) is 0.500. The van der Waals surface area contributed by atoms with Gasteiger partial charge in [-0.3, -0.25) is 0 Å². The van der Waals surface area contributed by atoms with E-state index >= 15 is 0 Å². The maximum Gasteiger partial charge on any atom is 0.119 e. The van der Waals surface area contributed by atoms with Crippen molar-refractivity contribution in [1.82, 2.24) is 0 Å². The Balaban J connectivity index is 1.89. The van der Waals surface area contributed by atoms with Gasteiger partial charge < -0.3 is 4.74 Å². The first-order valence-corrected chi connectivity index (χ1v) is 6.12. The largest absolute Gasteiger partial charge is 0.493 e. The van der Waals surface area contributed by atoms with Gasteiger partial charge in [-0.2, -0.15) is 0 Å². The Bertz CT molecular complexity index is 301. The Hall–Kier alpha value is -0.500. The molecular weight excluding hydrogens is 240 g/mol. The Morgan fingerprint density at radius 3 is 2.43 bits per heavy atom. The number of halogens is 1. The Morgan fingerprint density at radius 1 is 1.29 bits per heavy atom. The summed E-state index contributed by atoms with van der Waals surface area (Å²) < 4.78 is 5.75. The van der Waals surface area contributed by atoms with Crippen molar-refractivity contribution in [3.05, 3.63) is 29.8 Å². The van der Waals surface area contributed by atoms with Crippen LogP contribution in [0.4, 0.5) is 0 Å². The lowest BCUT2D eigenvalue weighted by molar-refractivity contribution is 0.251. The third-order valence-electron chi connectivity index (χ3n) is 2.81. The summed E-state index contributed by atoms with van der Waals surface area (Å²) in [4.78, 5) is 0. The summed E-state index contributed by atoms with van der Waals surface area (Å²) in [5.41, 5.74) is 1.71. The highest BCUT2D eigenvalue weighted by atomic mass is 79.9. The molecule has 0 amide bonds. The average Bonchev–Trinajstić information content (AvgIpc) is 2.98. The topological polar surface area (TPSA) is 9.23 Å². The maximum absolute atomic E-state index is 5.75. The molecule has 2 heteroatoms. The van der Waals surface area contributed by atoms with Crippen molar-refractivity contribution in [2.45, 2.75) is 19.8 Å². The molecule has 0 bridgehead atoms. The van der Waals surface area contributed by atoms with Crippen LogP contribution in [0.2, 0.25) is 0 Å². The van der Waals surface area contributed by atoms with Gasteiger partial charge in [-0.25, -0.2) is 0 Å². The van der Waals surface area contributed by atoms with Crippen molar-refractivity contribution >= 4 is 15.9 Å². The van der Waals surface area contributed by atoms with E-state index in [0.717, 1.165) is 17.7 Å². The van der Waals surface area contributed by atoms with Crippen molar-refractivity contribution in [2.24, 2.45) is 5.41 Å². The van der Waals surface area contributed by atoms with Crippen molar-refractivity contribution in [1.29, 1.82) is 0 Å². The molecule has 0 N–H and O–H groups in total. The number of hydrogen-bond donors (Lipinski definition) is 0. The first-order valence-electron chi connectivity index (χ1n) is 5.00. The molecule has 0 atom stereocenters. The molecule has 14 heavy (non-hydrogen) atoms. The summed E-state index contributed by atoms with van der Waals surface area (Å²) in [6.07, 6.45) is 2.59. The maximum atomic E-state index is 5.75. The molecule has 1 aliphatic rings. The molecule has 0 aromatic heterocycles. The summed E-state index contributed by atoms with van der Waals surface area (Å²) in [7, 11) is 0. The minimum absolute atomic E-state index is 0.435. The Kier molecular flexibility index (Phi) is 2.82. The number of rotatable bonds is 4. The molecule has 0 spiro atoms. The van der Waals surface area contributed by atoms with Crippen LogP contribution in [0.25, 0.3) is 0 Å². The lowest BCUT2D eigenvalue weighted by Crippen LogP contribution is -2.14. The van der Waals surface area contributed by atoms with Gasteiger partial charge in [-0.05, 0) is 31.9 Å². The molecule has 0 aliphatic heterocycles. The molecule has 76 valence electrons. The zero-order valence-electron chi connectivity index (χ0n) is 8.42. The van der Waals surface area contributed by atoms with Crippen LogP contribution in [0.5, 0.6) is 5.75 Å². The Morgan fingerprint density at radius 2 is 1.93 bits per heavy atom. The van der Waals surface area contributed by atoms with E-state index in [2.05, 4.69) is 35.0 Å². The molecule has 0 unspecified atom stereocenters. The highest BCUT2D eigenvalue weighted by Crippen LogP contribution is 2.47. The molecule has 1 nitrogen and oxygen atoms in total. The van der Waals surface area contributed by atoms with Gasteiger partial charge in [0, 0.05) is 10.7 Å². The van der Waals surface area contributed by atoms with Crippen LogP contribution in [-0.2, 0) is 0 Å². The monoisotopic (exact) mass is 254 g/mol. The van der Waals surface area contributed by atoms with Gasteiger partial charge in [0.25, 0.3) is 0 Å². The lowest BCUT2D eigenvalue weighted by Gasteiger charge is -2.13. The average molecular weight is 255 g/mol. The normalized spacial score (nSPS) is 17.9. The van der Waals surface area contributed by atoms with E-state index < -0.39 is 0 Å². The smallest absolute Gasteiger partial charge is 0.119 e. The van der Waals surface area contributed by atoms with Gasteiger partial charge in [0.05, 0.1) is 6.61 Å². The molecule has 1 aromatic carbocycles. The number of aryl methyl sites for hydroxylation is 1. The van der Waals surface area contributed by atoms with Crippen LogP contribution in [0, 0.1) is 12.3 Å². The van der Waals surface area contributed by atoms with Gasteiger partial charge in [0.15, 0.2) is 0 Å². The quantitative estimate of drug-likeness (QED) is 0.747. The third kappa shape index (κ3) is 2.30. The summed E-state index contributed by atoms with van der Waals surface area (Å²) in [6, 6.07) is 8.26. The molecule has 0 saturated heterocycles. The van der Waals surface area contributed by atoms with E-state index in [9.17, 15) is 0 Å². The number of hydrogen-bond acceptors (Lipinski definition) is 1. The van der Waals surface area contributed by atoms with Crippen LogP contribution in [0.1, 0.15) is 18.4 Å². The Labute approximate surface area is 93.6 Å². The third-order valence-corrected chi connectivity index (χ3v) is 4.00. The molecule has 1 aromatic rings. The zero-order valence-corrected chi connectivity index (χ0v) is 10.0. The van der Waals surface area contributed by atoms with Crippen LogP contribution >= 0.6 is 15.9 Å². The highest BCUT2D eigenvalue weighted by Gasteiger charge is 2.42. The van der Waals surface area contributed by atoms with Crippen LogP contribution in [0.15, 0.2) is 24.3 Å². The van der Waals surface area contributed by atoms with E-state index in [0.29, 0.717) is 5.41 Å². The van der Waals surface area contributed by atoms with Gasteiger partial charge in [-0.15, -0.1) is 0 Å². The summed E-state index contributed by atoms with van der Waals surface area (Å²) in [5.74, 6) is 0.989. The fourth-order valence-electron chi connectivity index (χ4n) is 1.36. The zero-order chi connectivity index (χ0) is 10.0. The van der Waals surface area contributed by atoms with Crippen LogP contribution in [-0.4, -0.2) is 11.9 Å². The summed E-state index contributed by atoms with van der Waals surface area (Å²) in [5, 5.41) is 1.06. The first-order chi connectivity index (χ1) is 6.74. The minimum Gasteiger partial charge on any atom is -0.493 e. The summed E-state index contributed by atoms with van der Waals surface area (Å²) >= 11 is 3.54. The van der Waals surface area contributed by atoms with Gasteiger partial charge in [-0.1, -0.05) is 33.6 Å². The van der Waals surface area contributed by atoms with E-state index in [1.165, 1.54) is 18.4 Å². The predicted molar refractivity (Wildman–Crippen MR) is 62.1 cm³/mol. The van der Waals surface area contributed by atoms with E-state index in [1.54, 1.807) is 0 Å². The van der Waals surface area contributed by atoms with E-state index in [-0.39, 0.29) is 0 Å². The van der Waals surface area contributed by atoms with Crippen molar-refractivity contribution < 1.29 is 4.74 Å².